The number of nitrogens with one attached hydrogen (secondary N) is 1. The van der Waals surface area contributed by atoms with Gasteiger partial charge in [0, 0.05) is 6.54 Å². The Hall–Kier alpha value is -1.36. The van der Waals surface area contributed by atoms with Gasteiger partial charge >= 0.3 is 5.97 Å². The molecule has 0 fully saturated rings. The third-order valence-electron chi connectivity index (χ3n) is 1.88. The lowest BCUT2D eigenvalue weighted by Crippen LogP contribution is -2.30. The Morgan fingerprint density at radius 3 is 2.67 bits per heavy atom. The van der Waals surface area contributed by atoms with Crippen LogP contribution in [0.4, 0.5) is 0 Å². The zero-order chi connectivity index (χ0) is 11.7. The predicted octanol–water partition coefficient (Wildman–Crippen LogP) is 0.261. The highest BCUT2D eigenvalue weighted by Gasteiger charge is 2.09. The van der Waals surface area contributed by atoms with Gasteiger partial charge in [0.25, 0.3) is 0 Å². The van der Waals surface area contributed by atoms with E-state index in [9.17, 15) is 9.59 Å². The Morgan fingerprint density at radius 2 is 2.13 bits per heavy atom. The number of nitrogens with two attached hydrogens (primary N) is 1. The van der Waals surface area contributed by atoms with Crippen molar-refractivity contribution >= 4 is 11.9 Å². The Labute approximate surface area is 89.3 Å². The Kier molecular flexibility index (Phi) is 7.27. The smallest absolute Gasteiger partial charge is 0.320 e. The fourth-order valence-corrected chi connectivity index (χ4v) is 1.03. The molecule has 1 amide bonds. The summed E-state index contributed by atoms with van der Waals surface area (Å²) in [7, 11) is 0. The van der Waals surface area contributed by atoms with Crippen molar-refractivity contribution in [3.05, 3.63) is 12.2 Å². The largest absolute Gasteiger partial charge is 0.480 e. The van der Waals surface area contributed by atoms with Crippen molar-refractivity contribution < 1.29 is 14.7 Å². The molecule has 0 aliphatic heterocycles. The number of allylic oxidation sites excluding steroid dienone is 1. The molecule has 86 valence electrons. The minimum absolute atomic E-state index is 0.125. The van der Waals surface area contributed by atoms with Crippen LogP contribution in [0.3, 0.4) is 0 Å². The number of carbonyl (C=O) groups excluding carboxylic acids is 1. The van der Waals surface area contributed by atoms with Gasteiger partial charge in [0.1, 0.15) is 6.04 Å². The van der Waals surface area contributed by atoms with E-state index >= 15 is 0 Å². The van der Waals surface area contributed by atoms with E-state index in [0.717, 1.165) is 6.42 Å². The molecular weight excluding hydrogens is 196 g/mol. The summed E-state index contributed by atoms with van der Waals surface area (Å²) in [6.07, 6.45) is 4.99. The molecule has 0 bridgehead atoms. The summed E-state index contributed by atoms with van der Waals surface area (Å²) < 4.78 is 0. The fraction of sp³-hybridized carbons (Fsp3) is 0.600. The van der Waals surface area contributed by atoms with Gasteiger partial charge in [-0.05, 0) is 32.3 Å². The Bertz CT molecular complexity index is 239. The van der Waals surface area contributed by atoms with Gasteiger partial charge in [-0.1, -0.05) is 6.08 Å². The lowest BCUT2D eigenvalue weighted by molar-refractivity contribution is -0.138. The second-order valence-electron chi connectivity index (χ2n) is 3.23. The third kappa shape index (κ3) is 7.69. The highest BCUT2D eigenvalue weighted by molar-refractivity contribution is 5.87. The standard InChI is InChI=1S/C10H18N2O3/c1-2-5-9(13)12-7-4-3-6-8(11)10(14)15/h2,5,8H,3-4,6-7,11H2,1H3,(H,12,13)(H,14,15)/b5-2+. The molecule has 0 aliphatic rings. The quantitative estimate of drug-likeness (QED) is 0.418. The van der Waals surface area contributed by atoms with E-state index in [2.05, 4.69) is 5.32 Å². The predicted molar refractivity (Wildman–Crippen MR) is 57.3 cm³/mol. The first-order valence-corrected chi connectivity index (χ1v) is 4.97. The molecule has 0 heterocycles. The summed E-state index contributed by atoms with van der Waals surface area (Å²) in [5, 5.41) is 11.2. The number of carboxylic acids is 1. The number of hydrogen-bond donors (Lipinski definition) is 3. The monoisotopic (exact) mass is 214 g/mol. The highest BCUT2D eigenvalue weighted by atomic mass is 16.4. The van der Waals surface area contributed by atoms with Crippen LogP contribution >= 0.6 is 0 Å². The van der Waals surface area contributed by atoms with Gasteiger partial charge < -0.3 is 16.2 Å². The van der Waals surface area contributed by atoms with Crippen LogP contribution < -0.4 is 11.1 Å². The maximum absolute atomic E-state index is 10.9. The third-order valence-corrected chi connectivity index (χ3v) is 1.88. The van der Waals surface area contributed by atoms with E-state index in [1.54, 1.807) is 13.0 Å². The molecular formula is C10H18N2O3. The lowest BCUT2D eigenvalue weighted by Gasteiger charge is -2.05. The lowest BCUT2D eigenvalue weighted by atomic mass is 10.1. The summed E-state index contributed by atoms with van der Waals surface area (Å²) in [5.41, 5.74) is 5.31. The van der Waals surface area contributed by atoms with E-state index in [1.807, 2.05) is 0 Å². The van der Waals surface area contributed by atoms with E-state index in [4.69, 9.17) is 10.8 Å². The maximum Gasteiger partial charge on any atom is 0.320 e. The van der Waals surface area contributed by atoms with Crippen LogP contribution in [0.25, 0.3) is 0 Å². The average Bonchev–Trinajstić information content (AvgIpc) is 2.17. The first-order valence-electron chi connectivity index (χ1n) is 4.97. The van der Waals surface area contributed by atoms with Gasteiger partial charge in [0.15, 0.2) is 0 Å². The van der Waals surface area contributed by atoms with Gasteiger partial charge in [0.05, 0.1) is 0 Å². The van der Waals surface area contributed by atoms with Crippen LogP contribution in [0, 0.1) is 0 Å². The van der Waals surface area contributed by atoms with E-state index < -0.39 is 12.0 Å². The van der Waals surface area contributed by atoms with Gasteiger partial charge in [-0.3, -0.25) is 9.59 Å². The summed E-state index contributed by atoms with van der Waals surface area (Å²) in [5.74, 6) is -1.10. The first kappa shape index (κ1) is 13.6. The highest BCUT2D eigenvalue weighted by Crippen LogP contribution is 1.98. The molecule has 4 N–H and O–H groups in total. The topological polar surface area (TPSA) is 92.4 Å². The van der Waals surface area contributed by atoms with Crippen molar-refractivity contribution in [2.75, 3.05) is 6.54 Å². The van der Waals surface area contributed by atoms with E-state index in [1.165, 1.54) is 6.08 Å². The second kappa shape index (κ2) is 7.99. The molecule has 1 atom stereocenters. The molecule has 0 spiro atoms. The van der Waals surface area contributed by atoms with Crippen molar-refractivity contribution in [2.24, 2.45) is 5.73 Å². The van der Waals surface area contributed by atoms with E-state index in [0.29, 0.717) is 19.4 Å². The SMILES string of the molecule is C/C=C/C(=O)NCCCCC(N)C(=O)O. The number of carbonyl (C=O) groups is 2. The molecule has 0 saturated carbocycles. The van der Waals surface area contributed by atoms with Crippen LogP contribution in [-0.4, -0.2) is 29.6 Å². The minimum atomic E-state index is -0.979. The van der Waals surface area contributed by atoms with Gasteiger partial charge in [-0.15, -0.1) is 0 Å². The van der Waals surface area contributed by atoms with Gasteiger partial charge in [-0.2, -0.15) is 0 Å². The molecule has 0 saturated heterocycles. The number of unbranched alkanes of at least 4 members (excludes halogenated alkanes) is 1. The minimum Gasteiger partial charge on any atom is -0.480 e. The van der Waals surface area contributed by atoms with Crippen molar-refractivity contribution in [2.45, 2.75) is 32.2 Å². The molecule has 5 heteroatoms. The number of rotatable bonds is 7. The van der Waals surface area contributed by atoms with Crippen molar-refractivity contribution in [3.63, 3.8) is 0 Å². The van der Waals surface area contributed by atoms with Gasteiger partial charge in [-0.25, -0.2) is 0 Å². The van der Waals surface area contributed by atoms with Gasteiger partial charge in [0.2, 0.25) is 5.91 Å². The summed E-state index contributed by atoms with van der Waals surface area (Å²) >= 11 is 0. The van der Waals surface area contributed by atoms with Crippen molar-refractivity contribution in [1.82, 2.24) is 5.32 Å². The summed E-state index contributed by atoms with van der Waals surface area (Å²) in [6.45, 7) is 2.32. The molecule has 0 radical (unpaired) electrons. The van der Waals surface area contributed by atoms with Crippen LogP contribution in [0.5, 0.6) is 0 Å². The molecule has 5 nitrogen and oxygen atoms in total. The van der Waals surface area contributed by atoms with E-state index in [-0.39, 0.29) is 5.91 Å². The summed E-state index contributed by atoms with van der Waals surface area (Å²) in [4.78, 5) is 21.3. The molecule has 0 aromatic rings. The zero-order valence-corrected chi connectivity index (χ0v) is 8.90. The molecule has 0 aliphatic carbocycles. The average molecular weight is 214 g/mol. The Morgan fingerprint density at radius 1 is 1.47 bits per heavy atom. The van der Waals surface area contributed by atoms with Crippen LogP contribution in [-0.2, 0) is 9.59 Å². The second-order valence-corrected chi connectivity index (χ2v) is 3.23. The maximum atomic E-state index is 10.9. The molecule has 0 aromatic heterocycles. The first-order chi connectivity index (χ1) is 7.07. The summed E-state index contributed by atoms with van der Waals surface area (Å²) in [6, 6.07) is -0.795. The Balaban J connectivity index is 3.40. The number of aliphatic carboxylic acids is 1. The number of carboxylic acid groups (broad SMARTS) is 1. The fourth-order valence-electron chi connectivity index (χ4n) is 1.03. The molecule has 0 aromatic carbocycles. The molecule has 0 rings (SSSR count). The van der Waals surface area contributed by atoms with Crippen LogP contribution in [0.1, 0.15) is 26.2 Å². The number of hydrogen-bond acceptors (Lipinski definition) is 3. The van der Waals surface area contributed by atoms with Crippen LogP contribution in [0.2, 0.25) is 0 Å². The van der Waals surface area contributed by atoms with Crippen LogP contribution in [0.15, 0.2) is 12.2 Å². The number of amides is 1. The van der Waals surface area contributed by atoms with Crippen molar-refractivity contribution in [1.29, 1.82) is 0 Å². The molecule has 1 unspecified atom stereocenters. The van der Waals surface area contributed by atoms with Crippen molar-refractivity contribution in [3.8, 4) is 0 Å². The zero-order valence-electron chi connectivity index (χ0n) is 8.90. The normalized spacial score (nSPS) is 12.7. The molecule has 15 heavy (non-hydrogen) atoms.